The lowest BCUT2D eigenvalue weighted by Crippen LogP contribution is -1.92. The molecular weight excluding hydrogens is 250 g/mol. The Morgan fingerprint density at radius 1 is 1.10 bits per heavy atom. The molecule has 0 radical (unpaired) electrons. The van der Waals surface area contributed by atoms with Crippen LogP contribution in [0, 0.1) is 0 Å². The zero-order chi connectivity index (χ0) is 13.9. The predicted molar refractivity (Wildman–Crippen MR) is 80.0 cm³/mol. The van der Waals surface area contributed by atoms with Crippen molar-refractivity contribution in [3.8, 4) is 22.7 Å². The molecule has 2 N–H and O–H groups in total. The molecule has 0 unspecified atom stereocenters. The minimum Gasteiger partial charge on any atom is -0.497 e. The fourth-order valence-electron chi connectivity index (χ4n) is 2.08. The molecule has 2 aromatic carbocycles. The lowest BCUT2D eigenvalue weighted by molar-refractivity contribution is 0.415. The molecule has 4 nitrogen and oxygen atoms in total. The third-order valence-corrected chi connectivity index (χ3v) is 3.12. The van der Waals surface area contributed by atoms with Crippen LogP contribution in [0.5, 0.6) is 5.75 Å². The second-order valence-electron chi connectivity index (χ2n) is 4.49. The summed E-state index contributed by atoms with van der Waals surface area (Å²) in [5.41, 5.74) is 9.44. The third-order valence-electron chi connectivity index (χ3n) is 3.12. The van der Waals surface area contributed by atoms with E-state index in [-0.39, 0.29) is 0 Å². The van der Waals surface area contributed by atoms with Crippen molar-refractivity contribution < 1.29 is 4.74 Å². The number of rotatable bonds is 3. The Hall–Kier alpha value is -2.75. The Morgan fingerprint density at radius 3 is 2.75 bits per heavy atom. The molecule has 0 aliphatic heterocycles. The van der Waals surface area contributed by atoms with Crippen LogP contribution in [0.3, 0.4) is 0 Å². The average molecular weight is 265 g/mol. The second-order valence-corrected chi connectivity index (χ2v) is 4.49. The molecule has 1 heterocycles. The Balaban J connectivity index is 1.97. The van der Waals surface area contributed by atoms with Crippen molar-refractivity contribution in [2.75, 3.05) is 12.8 Å². The van der Waals surface area contributed by atoms with E-state index in [1.807, 2.05) is 59.3 Å². The molecule has 0 atom stereocenters. The van der Waals surface area contributed by atoms with E-state index >= 15 is 0 Å². The lowest BCUT2D eigenvalue weighted by atomic mass is 10.1. The van der Waals surface area contributed by atoms with Crippen molar-refractivity contribution in [2.24, 2.45) is 0 Å². The number of benzene rings is 2. The first kappa shape index (κ1) is 12.3. The number of anilines is 1. The highest BCUT2D eigenvalue weighted by atomic mass is 16.5. The summed E-state index contributed by atoms with van der Waals surface area (Å²) in [5, 5.41) is 0. The summed E-state index contributed by atoms with van der Waals surface area (Å²) >= 11 is 0. The second kappa shape index (κ2) is 5.09. The monoisotopic (exact) mass is 265 g/mol. The Labute approximate surface area is 117 Å². The van der Waals surface area contributed by atoms with Crippen molar-refractivity contribution >= 4 is 5.69 Å². The molecule has 0 aliphatic carbocycles. The highest BCUT2D eigenvalue weighted by molar-refractivity contribution is 5.61. The van der Waals surface area contributed by atoms with E-state index in [1.54, 1.807) is 13.4 Å². The molecule has 0 saturated carbocycles. The number of hydrogen-bond acceptors (Lipinski definition) is 3. The van der Waals surface area contributed by atoms with E-state index in [2.05, 4.69) is 4.98 Å². The fourth-order valence-corrected chi connectivity index (χ4v) is 2.08. The molecular formula is C16H15N3O. The molecule has 0 bridgehead atoms. The maximum atomic E-state index is 5.80. The number of imidazole rings is 1. The third kappa shape index (κ3) is 2.36. The van der Waals surface area contributed by atoms with Crippen LogP contribution < -0.4 is 10.5 Å². The molecule has 100 valence electrons. The van der Waals surface area contributed by atoms with Crippen molar-refractivity contribution in [1.29, 1.82) is 0 Å². The van der Waals surface area contributed by atoms with E-state index in [0.29, 0.717) is 0 Å². The smallest absolute Gasteiger partial charge is 0.119 e. The topological polar surface area (TPSA) is 53.1 Å². The van der Waals surface area contributed by atoms with E-state index in [9.17, 15) is 0 Å². The SMILES string of the molecule is COc1cccc(-c2cn(-c3cccc(N)c3)cn2)c1. The Morgan fingerprint density at radius 2 is 1.95 bits per heavy atom. The zero-order valence-corrected chi connectivity index (χ0v) is 11.2. The summed E-state index contributed by atoms with van der Waals surface area (Å²) in [6.07, 6.45) is 3.76. The van der Waals surface area contributed by atoms with Gasteiger partial charge in [0.25, 0.3) is 0 Å². The van der Waals surface area contributed by atoms with Gasteiger partial charge < -0.3 is 15.0 Å². The molecule has 1 aromatic heterocycles. The largest absolute Gasteiger partial charge is 0.497 e. The first-order valence-corrected chi connectivity index (χ1v) is 6.30. The van der Waals surface area contributed by atoms with Gasteiger partial charge in [-0.3, -0.25) is 0 Å². The van der Waals surface area contributed by atoms with Crippen molar-refractivity contribution in [3.05, 3.63) is 61.1 Å². The van der Waals surface area contributed by atoms with Gasteiger partial charge in [-0.05, 0) is 30.3 Å². The predicted octanol–water partition coefficient (Wildman–Crippen LogP) is 3.13. The minimum absolute atomic E-state index is 0.735. The van der Waals surface area contributed by atoms with Gasteiger partial charge >= 0.3 is 0 Å². The normalized spacial score (nSPS) is 10.4. The summed E-state index contributed by atoms with van der Waals surface area (Å²) in [4.78, 5) is 4.43. The van der Waals surface area contributed by atoms with Gasteiger partial charge in [0.05, 0.1) is 19.1 Å². The van der Waals surface area contributed by atoms with Gasteiger partial charge in [0.15, 0.2) is 0 Å². The van der Waals surface area contributed by atoms with Crippen LogP contribution in [0.2, 0.25) is 0 Å². The van der Waals surface area contributed by atoms with Crippen LogP contribution in [-0.4, -0.2) is 16.7 Å². The van der Waals surface area contributed by atoms with Crippen LogP contribution in [0.4, 0.5) is 5.69 Å². The molecule has 0 aliphatic rings. The highest BCUT2D eigenvalue weighted by Crippen LogP contribution is 2.23. The van der Waals surface area contributed by atoms with Crippen LogP contribution in [-0.2, 0) is 0 Å². The fraction of sp³-hybridized carbons (Fsp3) is 0.0625. The Bertz CT molecular complexity index is 734. The zero-order valence-electron chi connectivity index (χ0n) is 11.2. The van der Waals surface area contributed by atoms with Crippen LogP contribution in [0.1, 0.15) is 0 Å². The molecule has 0 amide bonds. The van der Waals surface area contributed by atoms with Gasteiger partial charge in [-0.25, -0.2) is 4.98 Å². The number of nitrogen functional groups attached to an aromatic ring is 1. The van der Waals surface area contributed by atoms with Crippen LogP contribution in [0.15, 0.2) is 61.1 Å². The Kier molecular flexibility index (Phi) is 3.13. The summed E-state index contributed by atoms with van der Waals surface area (Å²) in [6, 6.07) is 15.5. The number of nitrogens with two attached hydrogens (primary N) is 1. The quantitative estimate of drug-likeness (QED) is 0.740. The first-order chi connectivity index (χ1) is 9.76. The standard InChI is InChI=1S/C16H15N3O/c1-20-15-7-2-4-12(8-15)16-10-19(11-18-16)14-6-3-5-13(17)9-14/h2-11H,17H2,1H3. The molecule has 0 saturated heterocycles. The molecule has 4 heteroatoms. The molecule has 0 fully saturated rings. The highest BCUT2D eigenvalue weighted by Gasteiger charge is 2.05. The maximum absolute atomic E-state index is 5.80. The maximum Gasteiger partial charge on any atom is 0.119 e. The molecule has 20 heavy (non-hydrogen) atoms. The van der Waals surface area contributed by atoms with E-state index in [1.165, 1.54) is 0 Å². The molecule has 3 aromatic rings. The van der Waals surface area contributed by atoms with E-state index < -0.39 is 0 Å². The molecule has 3 rings (SSSR count). The summed E-state index contributed by atoms with van der Waals surface area (Å²) in [7, 11) is 1.66. The molecule has 0 spiro atoms. The minimum atomic E-state index is 0.735. The van der Waals surface area contributed by atoms with Gasteiger partial charge in [-0.15, -0.1) is 0 Å². The summed E-state index contributed by atoms with van der Waals surface area (Å²) in [6.45, 7) is 0. The van der Waals surface area contributed by atoms with Crippen molar-refractivity contribution in [1.82, 2.24) is 9.55 Å². The van der Waals surface area contributed by atoms with Gasteiger partial charge in [0.1, 0.15) is 5.75 Å². The number of methoxy groups -OCH3 is 1. The van der Waals surface area contributed by atoms with Crippen LogP contribution >= 0.6 is 0 Å². The lowest BCUT2D eigenvalue weighted by Gasteiger charge is -2.03. The summed E-state index contributed by atoms with van der Waals surface area (Å²) < 4.78 is 7.18. The van der Waals surface area contributed by atoms with E-state index in [0.717, 1.165) is 28.4 Å². The van der Waals surface area contributed by atoms with Crippen molar-refractivity contribution in [2.45, 2.75) is 0 Å². The summed E-state index contributed by atoms with van der Waals surface area (Å²) in [5.74, 6) is 0.820. The van der Waals surface area contributed by atoms with Gasteiger partial charge in [-0.2, -0.15) is 0 Å². The first-order valence-electron chi connectivity index (χ1n) is 6.30. The van der Waals surface area contributed by atoms with Gasteiger partial charge in [0.2, 0.25) is 0 Å². The number of hydrogen-bond donors (Lipinski definition) is 1. The van der Waals surface area contributed by atoms with Crippen molar-refractivity contribution in [3.63, 3.8) is 0 Å². The van der Waals surface area contributed by atoms with Crippen LogP contribution in [0.25, 0.3) is 16.9 Å². The van der Waals surface area contributed by atoms with Gasteiger partial charge in [-0.1, -0.05) is 18.2 Å². The number of aromatic nitrogens is 2. The average Bonchev–Trinajstić information content (AvgIpc) is 2.97. The van der Waals surface area contributed by atoms with Gasteiger partial charge in [0, 0.05) is 23.1 Å². The van der Waals surface area contributed by atoms with E-state index in [4.69, 9.17) is 10.5 Å². The number of nitrogens with zero attached hydrogens (tertiary/aromatic N) is 2. The number of ether oxygens (including phenoxy) is 1.